The maximum absolute atomic E-state index is 12.3. The SMILES string of the molecule is CC(C)C(NC(=O)c1ccccc1Cl)C(=O)OC1CCOC1=O. The van der Waals surface area contributed by atoms with Gasteiger partial charge in [-0.25, -0.2) is 9.59 Å². The number of hydrogen-bond acceptors (Lipinski definition) is 5. The molecular weight excluding hydrogens is 322 g/mol. The van der Waals surface area contributed by atoms with Crippen LogP contribution in [0.25, 0.3) is 0 Å². The van der Waals surface area contributed by atoms with Gasteiger partial charge in [0, 0.05) is 6.42 Å². The standard InChI is InChI=1S/C16H18ClNO5/c1-9(2)13(16(21)23-12-7-8-22-15(12)20)18-14(19)10-5-3-4-6-11(10)17/h3-6,9,12-13H,7-8H2,1-2H3,(H,18,19). The van der Waals surface area contributed by atoms with E-state index in [1.54, 1.807) is 38.1 Å². The highest BCUT2D eigenvalue weighted by Crippen LogP contribution is 2.17. The molecule has 0 radical (unpaired) electrons. The van der Waals surface area contributed by atoms with Crippen LogP contribution in [0.3, 0.4) is 0 Å². The zero-order valence-corrected chi connectivity index (χ0v) is 13.6. The van der Waals surface area contributed by atoms with Gasteiger partial charge in [0.1, 0.15) is 6.04 Å². The summed E-state index contributed by atoms with van der Waals surface area (Å²) >= 11 is 5.98. The van der Waals surface area contributed by atoms with E-state index < -0.39 is 30.0 Å². The summed E-state index contributed by atoms with van der Waals surface area (Å²) in [4.78, 5) is 35.9. The topological polar surface area (TPSA) is 81.7 Å². The molecule has 1 amide bonds. The van der Waals surface area contributed by atoms with Crippen molar-refractivity contribution in [3.63, 3.8) is 0 Å². The number of esters is 2. The lowest BCUT2D eigenvalue weighted by Crippen LogP contribution is -2.46. The molecule has 7 heteroatoms. The van der Waals surface area contributed by atoms with E-state index in [9.17, 15) is 14.4 Å². The van der Waals surface area contributed by atoms with Gasteiger partial charge in [0.05, 0.1) is 17.2 Å². The Morgan fingerprint density at radius 1 is 1.35 bits per heavy atom. The summed E-state index contributed by atoms with van der Waals surface area (Å²) in [5, 5.41) is 2.90. The van der Waals surface area contributed by atoms with Crippen molar-refractivity contribution in [1.82, 2.24) is 5.32 Å². The molecule has 6 nitrogen and oxygen atoms in total. The molecule has 0 spiro atoms. The number of carbonyl (C=O) groups excluding carboxylic acids is 3. The molecule has 0 saturated carbocycles. The van der Waals surface area contributed by atoms with Gasteiger partial charge in [-0.3, -0.25) is 4.79 Å². The van der Waals surface area contributed by atoms with E-state index in [-0.39, 0.29) is 18.1 Å². The highest BCUT2D eigenvalue weighted by Gasteiger charge is 2.34. The molecule has 1 aliphatic heterocycles. The van der Waals surface area contributed by atoms with Crippen molar-refractivity contribution in [3.05, 3.63) is 34.9 Å². The van der Waals surface area contributed by atoms with Crippen LogP contribution in [0.2, 0.25) is 5.02 Å². The molecule has 2 rings (SSSR count). The van der Waals surface area contributed by atoms with E-state index in [4.69, 9.17) is 21.1 Å². The number of halogens is 1. The van der Waals surface area contributed by atoms with Crippen molar-refractivity contribution in [2.75, 3.05) is 6.61 Å². The minimum absolute atomic E-state index is 0.216. The Kier molecular flexibility index (Phi) is 5.60. The van der Waals surface area contributed by atoms with Crippen LogP contribution in [0.4, 0.5) is 0 Å². The third-order valence-corrected chi connectivity index (χ3v) is 3.80. The fraction of sp³-hybridized carbons (Fsp3) is 0.438. The van der Waals surface area contributed by atoms with Crippen LogP contribution in [-0.2, 0) is 19.1 Å². The smallest absolute Gasteiger partial charge is 0.347 e. The van der Waals surface area contributed by atoms with E-state index in [1.165, 1.54) is 0 Å². The highest BCUT2D eigenvalue weighted by molar-refractivity contribution is 6.33. The van der Waals surface area contributed by atoms with Crippen LogP contribution in [0.15, 0.2) is 24.3 Å². The first-order valence-electron chi connectivity index (χ1n) is 7.32. The van der Waals surface area contributed by atoms with E-state index in [1.807, 2.05) is 0 Å². The van der Waals surface area contributed by atoms with Gasteiger partial charge in [0.2, 0.25) is 6.10 Å². The Bertz CT molecular complexity index is 616. The largest absolute Gasteiger partial charge is 0.463 e. The number of rotatable bonds is 5. The molecule has 0 aromatic heterocycles. The van der Waals surface area contributed by atoms with E-state index in [0.29, 0.717) is 11.4 Å². The monoisotopic (exact) mass is 339 g/mol. The van der Waals surface area contributed by atoms with E-state index in [2.05, 4.69) is 5.32 Å². The molecule has 0 bridgehead atoms. The van der Waals surface area contributed by atoms with E-state index in [0.717, 1.165) is 0 Å². The molecule has 124 valence electrons. The minimum atomic E-state index is -0.902. The van der Waals surface area contributed by atoms with Crippen LogP contribution < -0.4 is 5.32 Å². The van der Waals surface area contributed by atoms with Gasteiger partial charge in [-0.15, -0.1) is 0 Å². The second kappa shape index (κ2) is 7.46. The maximum atomic E-state index is 12.3. The summed E-state index contributed by atoms with van der Waals surface area (Å²) in [6, 6.07) is 5.66. The lowest BCUT2D eigenvalue weighted by molar-refractivity contribution is -0.162. The number of ether oxygens (including phenoxy) is 2. The summed E-state index contributed by atoms with van der Waals surface area (Å²) in [5.74, 6) is -1.91. The molecule has 2 unspecified atom stereocenters. The average molecular weight is 340 g/mol. The first kappa shape index (κ1) is 17.3. The molecule has 0 aliphatic carbocycles. The second-order valence-electron chi connectivity index (χ2n) is 5.56. The second-order valence-corrected chi connectivity index (χ2v) is 5.96. The molecule has 1 N–H and O–H groups in total. The number of benzene rings is 1. The number of amides is 1. The van der Waals surface area contributed by atoms with Gasteiger partial charge in [-0.05, 0) is 18.1 Å². The van der Waals surface area contributed by atoms with Crippen LogP contribution in [0.5, 0.6) is 0 Å². The van der Waals surface area contributed by atoms with Crippen molar-refractivity contribution in [1.29, 1.82) is 0 Å². The first-order chi connectivity index (χ1) is 10.9. The quantitative estimate of drug-likeness (QED) is 0.829. The first-order valence-corrected chi connectivity index (χ1v) is 7.70. The van der Waals surface area contributed by atoms with Crippen molar-refractivity contribution < 1.29 is 23.9 Å². The van der Waals surface area contributed by atoms with Crippen molar-refractivity contribution in [2.45, 2.75) is 32.4 Å². The van der Waals surface area contributed by atoms with Crippen molar-refractivity contribution >= 4 is 29.4 Å². The minimum Gasteiger partial charge on any atom is -0.463 e. The van der Waals surface area contributed by atoms with Crippen molar-refractivity contribution in [3.8, 4) is 0 Å². The normalized spacial score (nSPS) is 18.4. The fourth-order valence-electron chi connectivity index (χ4n) is 2.16. The molecule has 1 heterocycles. The molecule has 2 atom stereocenters. The molecule has 1 aromatic rings. The van der Waals surface area contributed by atoms with Crippen molar-refractivity contribution in [2.24, 2.45) is 5.92 Å². The molecular formula is C16H18ClNO5. The van der Waals surface area contributed by atoms with Gasteiger partial charge in [0.15, 0.2) is 0 Å². The summed E-state index contributed by atoms with van der Waals surface area (Å²) in [7, 11) is 0. The highest BCUT2D eigenvalue weighted by atomic mass is 35.5. The molecule has 1 saturated heterocycles. The van der Waals surface area contributed by atoms with Gasteiger partial charge in [-0.2, -0.15) is 0 Å². The summed E-state index contributed by atoms with van der Waals surface area (Å²) < 4.78 is 9.90. The zero-order valence-electron chi connectivity index (χ0n) is 12.9. The van der Waals surface area contributed by atoms with Gasteiger partial charge < -0.3 is 14.8 Å². The average Bonchev–Trinajstić information content (AvgIpc) is 2.89. The fourth-order valence-corrected chi connectivity index (χ4v) is 2.38. The predicted octanol–water partition coefficient (Wildman–Crippen LogP) is 1.95. The molecule has 1 fully saturated rings. The summed E-state index contributed by atoms with van der Waals surface area (Å²) in [6.07, 6.45) is -0.575. The lowest BCUT2D eigenvalue weighted by atomic mass is 10.0. The number of cyclic esters (lactones) is 1. The Balaban J connectivity index is 2.06. The lowest BCUT2D eigenvalue weighted by Gasteiger charge is -2.22. The summed E-state index contributed by atoms with van der Waals surface area (Å²) in [6.45, 7) is 3.77. The van der Waals surface area contributed by atoms with Crippen LogP contribution in [-0.4, -0.2) is 36.6 Å². The van der Waals surface area contributed by atoms with Crippen LogP contribution >= 0.6 is 11.6 Å². The Hall–Kier alpha value is -2.08. The number of hydrogen-bond donors (Lipinski definition) is 1. The van der Waals surface area contributed by atoms with Crippen LogP contribution in [0, 0.1) is 5.92 Å². The Morgan fingerprint density at radius 3 is 2.61 bits per heavy atom. The molecule has 1 aromatic carbocycles. The third kappa shape index (κ3) is 4.22. The number of nitrogens with one attached hydrogen (secondary N) is 1. The predicted molar refractivity (Wildman–Crippen MR) is 83.0 cm³/mol. The van der Waals surface area contributed by atoms with Gasteiger partial charge in [0.25, 0.3) is 5.91 Å². The zero-order chi connectivity index (χ0) is 17.0. The van der Waals surface area contributed by atoms with Gasteiger partial charge in [-0.1, -0.05) is 37.6 Å². The van der Waals surface area contributed by atoms with Crippen LogP contribution in [0.1, 0.15) is 30.6 Å². The van der Waals surface area contributed by atoms with Gasteiger partial charge >= 0.3 is 11.9 Å². The summed E-state index contributed by atoms with van der Waals surface area (Å²) in [5.41, 5.74) is 0.271. The molecule has 1 aliphatic rings. The Morgan fingerprint density at radius 2 is 2.04 bits per heavy atom. The van der Waals surface area contributed by atoms with E-state index >= 15 is 0 Å². The third-order valence-electron chi connectivity index (χ3n) is 3.47. The maximum Gasteiger partial charge on any atom is 0.347 e. The number of carbonyl (C=O) groups is 3. The Labute approximate surface area is 139 Å². The molecule has 23 heavy (non-hydrogen) atoms.